The van der Waals surface area contributed by atoms with Gasteiger partial charge in [0.2, 0.25) is 0 Å². The molecular formula is C17H26N4OS. The van der Waals surface area contributed by atoms with Crippen molar-refractivity contribution < 1.29 is 4.74 Å². The van der Waals surface area contributed by atoms with Crippen molar-refractivity contribution in [1.29, 1.82) is 0 Å². The minimum Gasteiger partial charge on any atom is -0.495 e. The maximum Gasteiger partial charge on any atom is 0.191 e. The van der Waals surface area contributed by atoms with E-state index in [9.17, 15) is 0 Å². The molecule has 2 saturated heterocycles. The first-order valence-corrected chi connectivity index (χ1v) is 9.44. The molecule has 2 aliphatic heterocycles. The predicted octanol–water partition coefficient (Wildman–Crippen LogP) is 1.89. The molecule has 0 bridgehead atoms. The second kappa shape index (κ2) is 7.81. The Balaban J connectivity index is 1.55. The molecule has 1 aromatic rings. The van der Waals surface area contributed by atoms with Crippen molar-refractivity contribution >= 4 is 23.4 Å². The minimum atomic E-state index is 0.567. The fourth-order valence-electron chi connectivity index (χ4n) is 3.21. The van der Waals surface area contributed by atoms with Gasteiger partial charge in [0, 0.05) is 44.2 Å². The van der Waals surface area contributed by atoms with Crippen LogP contribution in [0.1, 0.15) is 6.42 Å². The minimum absolute atomic E-state index is 0.567. The Labute approximate surface area is 142 Å². The number of anilines is 1. The number of nitrogens with zero attached hydrogens (tertiary/aromatic N) is 3. The normalized spacial score (nSPS) is 22.5. The van der Waals surface area contributed by atoms with Crippen LogP contribution in [0.2, 0.25) is 0 Å². The third-order valence-corrected chi connectivity index (χ3v) is 5.50. The number of thioether (sulfide) groups is 1. The summed E-state index contributed by atoms with van der Waals surface area (Å²) in [5.74, 6) is 4.54. The van der Waals surface area contributed by atoms with E-state index >= 15 is 0 Å². The van der Waals surface area contributed by atoms with Crippen molar-refractivity contribution in [2.75, 3.05) is 56.2 Å². The standard InChI is InChI=1S/C17H26N4OS/c1-22-16-5-3-2-4-15(16)21-7-6-14(13-21)12-19-17(18)20-8-10-23-11-9-20/h2-5,14H,6-13H2,1H3,(H2,18,19). The van der Waals surface area contributed by atoms with Gasteiger partial charge in [0.15, 0.2) is 5.96 Å². The van der Waals surface area contributed by atoms with Crippen LogP contribution >= 0.6 is 11.8 Å². The molecule has 2 aliphatic rings. The molecular weight excluding hydrogens is 308 g/mol. The van der Waals surface area contributed by atoms with E-state index in [0.29, 0.717) is 5.92 Å². The first kappa shape index (κ1) is 16.3. The second-order valence-corrected chi connectivity index (χ2v) is 7.30. The predicted molar refractivity (Wildman–Crippen MR) is 98.7 cm³/mol. The number of hydrogen-bond donors (Lipinski definition) is 1. The number of rotatable bonds is 4. The fraction of sp³-hybridized carbons (Fsp3) is 0.588. The molecule has 2 N–H and O–H groups in total. The van der Waals surface area contributed by atoms with Gasteiger partial charge in [-0.05, 0) is 24.5 Å². The van der Waals surface area contributed by atoms with Crippen LogP contribution < -0.4 is 15.4 Å². The van der Waals surface area contributed by atoms with E-state index in [1.165, 1.54) is 5.69 Å². The summed E-state index contributed by atoms with van der Waals surface area (Å²) in [5.41, 5.74) is 7.33. The van der Waals surface area contributed by atoms with Crippen LogP contribution in [-0.2, 0) is 0 Å². The fourth-order valence-corrected chi connectivity index (χ4v) is 4.11. The number of nitrogens with two attached hydrogens (primary N) is 1. The lowest BCUT2D eigenvalue weighted by Gasteiger charge is -2.27. The lowest BCUT2D eigenvalue weighted by atomic mass is 10.1. The third kappa shape index (κ3) is 4.05. The Kier molecular flexibility index (Phi) is 5.54. The highest BCUT2D eigenvalue weighted by molar-refractivity contribution is 7.99. The zero-order chi connectivity index (χ0) is 16.1. The molecule has 0 radical (unpaired) electrons. The topological polar surface area (TPSA) is 54.1 Å². The third-order valence-electron chi connectivity index (χ3n) is 4.56. The summed E-state index contributed by atoms with van der Waals surface area (Å²) in [6, 6.07) is 8.23. The smallest absolute Gasteiger partial charge is 0.191 e. The molecule has 3 rings (SSSR count). The summed E-state index contributed by atoms with van der Waals surface area (Å²) >= 11 is 1.99. The number of para-hydroxylation sites is 2. The van der Waals surface area contributed by atoms with E-state index in [2.05, 4.69) is 26.9 Å². The lowest BCUT2D eigenvalue weighted by molar-refractivity contribution is 0.414. The van der Waals surface area contributed by atoms with E-state index in [1.54, 1.807) is 7.11 Å². The Morgan fingerprint density at radius 1 is 1.30 bits per heavy atom. The molecule has 23 heavy (non-hydrogen) atoms. The van der Waals surface area contributed by atoms with Crippen LogP contribution in [0.4, 0.5) is 5.69 Å². The van der Waals surface area contributed by atoms with Crippen molar-refractivity contribution in [1.82, 2.24) is 4.90 Å². The molecule has 1 aromatic carbocycles. The maximum atomic E-state index is 6.15. The Morgan fingerprint density at radius 3 is 2.87 bits per heavy atom. The second-order valence-electron chi connectivity index (χ2n) is 6.07. The van der Waals surface area contributed by atoms with Crippen molar-refractivity contribution in [3.05, 3.63) is 24.3 Å². The van der Waals surface area contributed by atoms with Gasteiger partial charge in [-0.3, -0.25) is 4.99 Å². The van der Waals surface area contributed by atoms with Gasteiger partial charge in [-0.1, -0.05) is 12.1 Å². The SMILES string of the molecule is COc1ccccc1N1CCC(CN=C(N)N2CCSCC2)C1. The molecule has 126 valence electrons. The molecule has 0 spiro atoms. The summed E-state index contributed by atoms with van der Waals surface area (Å²) in [4.78, 5) is 9.26. The summed E-state index contributed by atoms with van der Waals surface area (Å²) in [6.45, 7) is 4.95. The van der Waals surface area contributed by atoms with Gasteiger partial charge in [-0.25, -0.2) is 0 Å². The number of ether oxygens (including phenoxy) is 1. The number of aliphatic imine (C=N–C) groups is 1. The summed E-state index contributed by atoms with van der Waals surface area (Å²) in [5, 5.41) is 0. The van der Waals surface area contributed by atoms with E-state index in [-0.39, 0.29) is 0 Å². The van der Waals surface area contributed by atoms with Gasteiger partial charge in [-0.15, -0.1) is 0 Å². The molecule has 1 unspecified atom stereocenters. The monoisotopic (exact) mass is 334 g/mol. The molecule has 5 nitrogen and oxygen atoms in total. The maximum absolute atomic E-state index is 6.15. The largest absolute Gasteiger partial charge is 0.495 e. The van der Waals surface area contributed by atoms with Crippen LogP contribution in [0.25, 0.3) is 0 Å². The summed E-state index contributed by atoms with van der Waals surface area (Å²) < 4.78 is 5.47. The number of guanidine groups is 1. The van der Waals surface area contributed by atoms with Gasteiger partial charge in [0.25, 0.3) is 0 Å². The molecule has 0 aliphatic carbocycles. The molecule has 6 heteroatoms. The molecule has 2 fully saturated rings. The van der Waals surface area contributed by atoms with Crippen LogP contribution in [0.5, 0.6) is 5.75 Å². The summed E-state index contributed by atoms with van der Waals surface area (Å²) in [6.07, 6.45) is 1.16. The van der Waals surface area contributed by atoms with E-state index in [1.807, 2.05) is 23.9 Å². The lowest BCUT2D eigenvalue weighted by Crippen LogP contribution is -2.43. The van der Waals surface area contributed by atoms with Gasteiger partial charge in [0.05, 0.1) is 12.8 Å². The summed E-state index contributed by atoms with van der Waals surface area (Å²) in [7, 11) is 1.73. The van der Waals surface area contributed by atoms with Crippen LogP contribution in [0.15, 0.2) is 29.3 Å². The van der Waals surface area contributed by atoms with Gasteiger partial charge < -0.3 is 20.3 Å². The highest BCUT2D eigenvalue weighted by Crippen LogP contribution is 2.31. The first-order valence-electron chi connectivity index (χ1n) is 8.28. The van der Waals surface area contributed by atoms with E-state index in [0.717, 1.165) is 62.4 Å². The van der Waals surface area contributed by atoms with Crippen molar-refractivity contribution in [3.63, 3.8) is 0 Å². The Morgan fingerprint density at radius 2 is 2.09 bits per heavy atom. The molecule has 0 amide bonds. The van der Waals surface area contributed by atoms with Gasteiger partial charge in [0.1, 0.15) is 5.75 Å². The van der Waals surface area contributed by atoms with Crippen molar-refractivity contribution in [2.24, 2.45) is 16.6 Å². The molecule has 0 aromatic heterocycles. The number of methoxy groups -OCH3 is 1. The highest BCUT2D eigenvalue weighted by atomic mass is 32.2. The van der Waals surface area contributed by atoms with Crippen molar-refractivity contribution in [3.8, 4) is 5.75 Å². The van der Waals surface area contributed by atoms with Gasteiger partial charge >= 0.3 is 0 Å². The first-order chi connectivity index (χ1) is 11.3. The quantitative estimate of drug-likeness (QED) is 0.673. The van der Waals surface area contributed by atoms with Crippen LogP contribution in [0, 0.1) is 5.92 Å². The average molecular weight is 334 g/mol. The Hall–Kier alpha value is -1.56. The molecule has 2 heterocycles. The van der Waals surface area contributed by atoms with E-state index < -0.39 is 0 Å². The Bertz CT molecular complexity index is 545. The van der Waals surface area contributed by atoms with Gasteiger partial charge in [-0.2, -0.15) is 11.8 Å². The zero-order valence-corrected chi connectivity index (χ0v) is 14.6. The van der Waals surface area contributed by atoms with Crippen LogP contribution in [-0.4, -0.2) is 62.2 Å². The number of hydrogen-bond acceptors (Lipinski definition) is 4. The van der Waals surface area contributed by atoms with E-state index in [4.69, 9.17) is 10.5 Å². The average Bonchev–Trinajstić information content (AvgIpc) is 3.09. The zero-order valence-electron chi connectivity index (χ0n) is 13.8. The number of benzene rings is 1. The highest BCUT2D eigenvalue weighted by Gasteiger charge is 2.24. The molecule has 0 saturated carbocycles. The van der Waals surface area contributed by atoms with Crippen molar-refractivity contribution in [2.45, 2.75) is 6.42 Å². The van der Waals surface area contributed by atoms with Crippen LogP contribution in [0.3, 0.4) is 0 Å². The molecule has 1 atom stereocenters.